The third-order valence-corrected chi connectivity index (χ3v) is 3.35. The Bertz CT molecular complexity index is 707. The van der Waals surface area contributed by atoms with Crippen molar-refractivity contribution in [1.29, 1.82) is 0 Å². The number of hydrogen-bond acceptors (Lipinski definition) is 4. The lowest BCUT2D eigenvalue weighted by Gasteiger charge is -2.15. The summed E-state index contributed by atoms with van der Waals surface area (Å²) >= 11 is 0. The van der Waals surface area contributed by atoms with E-state index in [0.29, 0.717) is 18.7 Å². The minimum absolute atomic E-state index is 0.0517. The summed E-state index contributed by atoms with van der Waals surface area (Å²) in [5.74, 6) is -0.182. The number of non-ortho nitro benzene ring substituents is 1. The number of nitro groups is 1. The molecular weight excluding hydrogens is 260 g/mol. The highest BCUT2D eigenvalue weighted by Crippen LogP contribution is 2.31. The zero-order valence-electron chi connectivity index (χ0n) is 10.8. The van der Waals surface area contributed by atoms with E-state index in [1.807, 2.05) is 0 Å². The van der Waals surface area contributed by atoms with Crippen LogP contribution in [0.15, 0.2) is 30.5 Å². The number of benzene rings is 1. The lowest BCUT2D eigenvalue weighted by molar-refractivity contribution is -0.384. The maximum atomic E-state index is 12.4. The molecule has 0 saturated heterocycles. The zero-order chi connectivity index (χ0) is 14.3. The van der Waals surface area contributed by atoms with E-state index in [1.54, 1.807) is 35.0 Å². The number of carbonyl (C=O) groups is 1. The molecular formula is C13H12N4O3. The number of nitro benzene ring substituents is 1. The monoisotopic (exact) mass is 272 g/mol. The topological polar surface area (TPSA) is 81.3 Å². The predicted octanol–water partition coefficient (Wildman–Crippen LogP) is 1.53. The van der Waals surface area contributed by atoms with Gasteiger partial charge in [-0.1, -0.05) is 0 Å². The van der Waals surface area contributed by atoms with Gasteiger partial charge in [0.05, 0.1) is 4.92 Å². The summed E-state index contributed by atoms with van der Waals surface area (Å²) in [6.45, 7) is 0.520. The van der Waals surface area contributed by atoms with Crippen LogP contribution in [0.4, 0.5) is 11.4 Å². The van der Waals surface area contributed by atoms with Crippen LogP contribution >= 0.6 is 0 Å². The van der Waals surface area contributed by atoms with Crippen molar-refractivity contribution in [3.05, 3.63) is 51.8 Å². The van der Waals surface area contributed by atoms with Crippen molar-refractivity contribution in [2.45, 2.75) is 6.42 Å². The first-order valence-electron chi connectivity index (χ1n) is 6.15. The minimum atomic E-state index is -0.427. The van der Waals surface area contributed by atoms with Crippen LogP contribution in [0.2, 0.25) is 0 Å². The molecule has 7 nitrogen and oxygen atoms in total. The van der Waals surface area contributed by atoms with Crippen LogP contribution in [-0.2, 0) is 13.5 Å². The van der Waals surface area contributed by atoms with Gasteiger partial charge in [0.2, 0.25) is 0 Å². The molecule has 0 atom stereocenters. The van der Waals surface area contributed by atoms with E-state index < -0.39 is 4.92 Å². The van der Waals surface area contributed by atoms with Gasteiger partial charge in [0.25, 0.3) is 11.6 Å². The molecule has 102 valence electrons. The molecule has 0 saturated carbocycles. The molecule has 2 aromatic rings. The van der Waals surface area contributed by atoms with Crippen molar-refractivity contribution in [2.75, 3.05) is 11.4 Å². The summed E-state index contributed by atoms with van der Waals surface area (Å²) in [5, 5.41) is 14.8. The average molecular weight is 272 g/mol. The predicted molar refractivity (Wildman–Crippen MR) is 71.7 cm³/mol. The van der Waals surface area contributed by atoms with Crippen LogP contribution in [0.3, 0.4) is 0 Å². The van der Waals surface area contributed by atoms with Crippen molar-refractivity contribution in [1.82, 2.24) is 9.78 Å². The van der Waals surface area contributed by atoms with Crippen LogP contribution in [0.5, 0.6) is 0 Å². The van der Waals surface area contributed by atoms with Gasteiger partial charge in [0.1, 0.15) is 0 Å². The molecule has 0 spiro atoms. The third kappa shape index (κ3) is 1.93. The smallest absolute Gasteiger partial charge is 0.278 e. The summed E-state index contributed by atoms with van der Waals surface area (Å²) < 4.78 is 1.57. The molecule has 2 heterocycles. The number of aryl methyl sites for hydroxylation is 1. The maximum Gasteiger partial charge on any atom is 0.278 e. The second kappa shape index (κ2) is 4.44. The SMILES string of the molecule is Cn1ccc(C(=O)N2CCc3cc([N+](=O)[O-])ccc32)n1. The molecule has 1 aromatic carbocycles. The van der Waals surface area contributed by atoms with Gasteiger partial charge < -0.3 is 4.90 Å². The molecule has 0 aliphatic carbocycles. The molecule has 1 amide bonds. The number of anilines is 1. The standard InChI is InChI=1S/C13H12N4O3/c1-15-6-5-11(14-15)13(18)16-7-4-9-8-10(17(19)20)2-3-12(9)16/h2-3,5-6,8H,4,7H2,1H3. The quantitative estimate of drug-likeness (QED) is 0.613. The van der Waals surface area contributed by atoms with Gasteiger partial charge in [0.15, 0.2) is 5.69 Å². The molecule has 1 aromatic heterocycles. The molecule has 0 bridgehead atoms. The molecule has 0 unspecified atom stereocenters. The Kier molecular flexibility index (Phi) is 2.74. The van der Waals surface area contributed by atoms with E-state index in [4.69, 9.17) is 0 Å². The molecule has 0 fully saturated rings. The molecule has 20 heavy (non-hydrogen) atoms. The summed E-state index contributed by atoms with van der Waals surface area (Å²) in [5.41, 5.74) is 1.98. The molecule has 1 aliphatic rings. The van der Waals surface area contributed by atoms with Crippen molar-refractivity contribution < 1.29 is 9.72 Å². The van der Waals surface area contributed by atoms with E-state index >= 15 is 0 Å². The number of amides is 1. The number of carbonyl (C=O) groups excluding carboxylic acids is 1. The van der Waals surface area contributed by atoms with Crippen LogP contribution < -0.4 is 4.90 Å². The average Bonchev–Trinajstić information content (AvgIpc) is 3.03. The summed E-state index contributed by atoms with van der Waals surface area (Å²) in [6.07, 6.45) is 2.33. The maximum absolute atomic E-state index is 12.4. The van der Waals surface area contributed by atoms with Gasteiger partial charge in [0, 0.05) is 37.6 Å². The third-order valence-electron chi connectivity index (χ3n) is 3.35. The van der Waals surface area contributed by atoms with Crippen LogP contribution in [-0.4, -0.2) is 27.2 Å². The first kappa shape index (κ1) is 12.3. The lowest BCUT2D eigenvalue weighted by atomic mass is 10.1. The summed E-state index contributed by atoms with van der Waals surface area (Å²) in [7, 11) is 1.75. The number of hydrogen-bond donors (Lipinski definition) is 0. The fraction of sp³-hybridized carbons (Fsp3) is 0.231. The molecule has 3 rings (SSSR count). The van der Waals surface area contributed by atoms with E-state index in [0.717, 1.165) is 11.3 Å². The molecule has 7 heteroatoms. The second-order valence-electron chi connectivity index (χ2n) is 4.65. The van der Waals surface area contributed by atoms with Crippen molar-refractivity contribution in [2.24, 2.45) is 7.05 Å². The highest BCUT2D eigenvalue weighted by atomic mass is 16.6. The summed E-state index contributed by atoms with van der Waals surface area (Å²) in [4.78, 5) is 24.3. The van der Waals surface area contributed by atoms with E-state index in [2.05, 4.69) is 5.10 Å². The van der Waals surface area contributed by atoms with Crippen LogP contribution in [0, 0.1) is 10.1 Å². The Balaban J connectivity index is 1.93. The first-order valence-corrected chi connectivity index (χ1v) is 6.15. The second-order valence-corrected chi connectivity index (χ2v) is 4.65. The van der Waals surface area contributed by atoms with Crippen molar-refractivity contribution in [3.8, 4) is 0 Å². The summed E-state index contributed by atoms with van der Waals surface area (Å²) in [6, 6.07) is 6.23. The van der Waals surface area contributed by atoms with Gasteiger partial charge in [-0.15, -0.1) is 0 Å². The highest BCUT2D eigenvalue weighted by Gasteiger charge is 2.28. The zero-order valence-corrected chi connectivity index (χ0v) is 10.8. The molecule has 0 N–H and O–H groups in total. The van der Waals surface area contributed by atoms with Gasteiger partial charge >= 0.3 is 0 Å². The lowest BCUT2D eigenvalue weighted by Crippen LogP contribution is -2.29. The Labute approximate surface area is 114 Å². The Morgan fingerprint density at radius 2 is 2.20 bits per heavy atom. The Hall–Kier alpha value is -2.70. The fourth-order valence-electron chi connectivity index (χ4n) is 2.38. The van der Waals surface area contributed by atoms with Crippen molar-refractivity contribution >= 4 is 17.3 Å². The number of rotatable bonds is 2. The van der Waals surface area contributed by atoms with Gasteiger partial charge in [-0.3, -0.25) is 19.6 Å². The fourth-order valence-corrected chi connectivity index (χ4v) is 2.38. The number of nitrogens with zero attached hydrogens (tertiary/aromatic N) is 4. The molecule has 0 radical (unpaired) electrons. The molecule has 1 aliphatic heterocycles. The van der Waals surface area contributed by atoms with E-state index in [-0.39, 0.29) is 11.6 Å². The minimum Gasteiger partial charge on any atom is -0.306 e. The van der Waals surface area contributed by atoms with Crippen LogP contribution in [0.1, 0.15) is 16.1 Å². The van der Waals surface area contributed by atoms with E-state index in [1.165, 1.54) is 12.1 Å². The van der Waals surface area contributed by atoms with Gasteiger partial charge in [-0.25, -0.2) is 0 Å². The first-order chi connectivity index (χ1) is 9.56. The van der Waals surface area contributed by atoms with E-state index in [9.17, 15) is 14.9 Å². The number of aromatic nitrogens is 2. The van der Waals surface area contributed by atoms with Gasteiger partial charge in [-0.05, 0) is 24.1 Å². The van der Waals surface area contributed by atoms with Gasteiger partial charge in [-0.2, -0.15) is 5.10 Å². The van der Waals surface area contributed by atoms with Crippen LogP contribution in [0.25, 0.3) is 0 Å². The largest absolute Gasteiger partial charge is 0.306 e. The normalized spacial score (nSPS) is 13.3. The Morgan fingerprint density at radius 3 is 2.85 bits per heavy atom. The van der Waals surface area contributed by atoms with Crippen molar-refractivity contribution in [3.63, 3.8) is 0 Å². The Morgan fingerprint density at radius 1 is 1.40 bits per heavy atom. The number of fused-ring (bicyclic) bond motifs is 1. The highest BCUT2D eigenvalue weighted by molar-refractivity contribution is 6.06.